The highest BCUT2D eigenvalue weighted by atomic mass is 32.2. The molecule has 0 saturated carbocycles. The lowest BCUT2D eigenvalue weighted by atomic mass is 10.1. The summed E-state index contributed by atoms with van der Waals surface area (Å²) < 4.78 is 37.5. The molecule has 1 aromatic heterocycles. The second kappa shape index (κ2) is 7.73. The molecule has 0 spiro atoms. The lowest BCUT2D eigenvalue weighted by Crippen LogP contribution is -2.16. The molecule has 0 fully saturated rings. The second-order valence-corrected chi connectivity index (χ2v) is 9.83. The summed E-state index contributed by atoms with van der Waals surface area (Å²) in [6.07, 6.45) is 1.93. The Kier molecular flexibility index (Phi) is 4.94. The molecule has 29 heavy (non-hydrogen) atoms. The van der Waals surface area contributed by atoms with E-state index in [9.17, 15) is 8.42 Å². The fraction of sp³-hybridized carbons (Fsp3) is 0.167. The topological polar surface area (TPSA) is 39.1 Å². The number of hydrogen-bond acceptors (Lipinski definition) is 3. The predicted octanol–water partition coefficient (Wildman–Crippen LogP) is 6.03. The van der Waals surface area contributed by atoms with Gasteiger partial charge in [-0.3, -0.25) is 0 Å². The highest BCUT2D eigenvalue weighted by molar-refractivity contribution is 7.99. The van der Waals surface area contributed by atoms with Gasteiger partial charge in [-0.2, -0.15) is 0 Å². The maximum atomic E-state index is 13.7. The number of benzene rings is 3. The molecule has 0 amide bonds. The summed E-state index contributed by atoms with van der Waals surface area (Å²) in [4.78, 5) is 0.815. The molecule has 0 radical (unpaired) electrons. The van der Waals surface area contributed by atoms with Crippen molar-refractivity contribution in [3.05, 3.63) is 89.5 Å². The Bertz CT molecular complexity index is 1330. The molecule has 4 aromatic rings. The maximum absolute atomic E-state index is 13.7. The molecule has 148 valence electrons. The number of thioether (sulfide) groups is 1. The van der Waals surface area contributed by atoms with Crippen LogP contribution < -0.4 is 0 Å². The van der Waals surface area contributed by atoms with Crippen molar-refractivity contribution in [2.45, 2.75) is 24.5 Å². The first-order chi connectivity index (χ1) is 14.3. The Hall–Kier alpha value is -2.50. The summed E-state index contributed by atoms with van der Waals surface area (Å²) in [5, 5.41) is 0.681. The lowest BCUT2D eigenvalue weighted by Gasteiger charge is -2.13. The minimum absolute atomic E-state index is 0.106. The zero-order valence-corrected chi connectivity index (χ0v) is 18.3. The smallest absolute Gasteiger partial charge is 0.236 e. The Morgan fingerprint density at radius 3 is 2.31 bits per heavy atom. The highest BCUT2D eigenvalue weighted by Gasteiger charge is 2.26. The number of fused-ring (bicyclic) bond motifs is 1. The van der Waals surface area contributed by atoms with Gasteiger partial charge in [-0.05, 0) is 37.3 Å². The van der Waals surface area contributed by atoms with Gasteiger partial charge in [0.15, 0.2) is 0 Å². The van der Waals surface area contributed by atoms with Crippen molar-refractivity contribution in [2.75, 3.05) is 6.26 Å². The molecule has 5 heteroatoms. The van der Waals surface area contributed by atoms with Crippen LogP contribution in [0.4, 0.5) is 0 Å². The van der Waals surface area contributed by atoms with Crippen LogP contribution in [0.5, 0.6) is 0 Å². The third kappa shape index (κ3) is 3.72. The number of hydrogen-bond donors (Lipinski definition) is 0. The third-order valence-electron chi connectivity index (χ3n) is 4.93. The van der Waals surface area contributed by atoms with Crippen molar-refractivity contribution in [3.8, 4) is 11.3 Å². The van der Waals surface area contributed by atoms with Gasteiger partial charge < -0.3 is 0 Å². The van der Waals surface area contributed by atoms with Gasteiger partial charge in [0.1, 0.15) is 0 Å². The largest absolute Gasteiger partial charge is 0.243 e. The van der Waals surface area contributed by atoms with Crippen molar-refractivity contribution in [1.82, 2.24) is 3.97 Å². The van der Waals surface area contributed by atoms with Crippen molar-refractivity contribution in [2.24, 2.45) is 0 Å². The van der Waals surface area contributed by atoms with Crippen molar-refractivity contribution < 1.29 is 9.79 Å². The zero-order chi connectivity index (χ0) is 21.5. The van der Waals surface area contributed by atoms with E-state index in [2.05, 4.69) is 0 Å². The molecule has 0 aliphatic heterocycles. The zero-order valence-electron chi connectivity index (χ0n) is 17.6. The molecule has 3 nitrogen and oxygen atoms in total. The van der Waals surface area contributed by atoms with Crippen LogP contribution in [0.25, 0.3) is 22.2 Å². The van der Waals surface area contributed by atoms with Crippen molar-refractivity contribution >= 4 is 32.7 Å². The monoisotopic (exact) mass is 422 g/mol. The van der Waals surface area contributed by atoms with Gasteiger partial charge >= 0.3 is 0 Å². The van der Waals surface area contributed by atoms with Gasteiger partial charge in [0.05, 0.1) is 18.3 Å². The van der Waals surface area contributed by atoms with Crippen LogP contribution >= 0.6 is 11.8 Å². The quantitative estimate of drug-likeness (QED) is 0.369. The number of aromatic nitrogens is 1. The van der Waals surface area contributed by atoms with Gasteiger partial charge in [-0.25, -0.2) is 12.4 Å². The normalized spacial score (nSPS) is 12.3. The summed E-state index contributed by atoms with van der Waals surface area (Å²) in [5.41, 5.74) is 4.73. The molecule has 0 saturated heterocycles. The van der Waals surface area contributed by atoms with E-state index in [4.69, 9.17) is 1.37 Å². The summed E-state index contributed by atoms with van der Waals surface area (Å²) in [7, 11) is -3.73. The van der Waals surface area contributed by atoms with Crippen LogP contribution in [0.1, 0.15) is 18.1 Å². The summed E-state index contributed by atoms with van der Waals surface area (Å²) in [6.45, 7) is 3.90. The lowest BCUT2D eigenvalue weighted by molar-refractivity contribution is 0.588. The molecule has 1 heterocycles. The third-order valence-corrected chi connectivity index (χ3v) is 7.37. The van der Waals surface area contributed by atoms with E-state index < -0.39 is 10.0 Å². The van der Waals surface area contributed by atoms with Crippen LogP contribution in [0.2, 0.25) is 0 Å². The molecule has 0 bridgehead atoms. The highest BCUT2D eigenvalue weighted by Crippen LogP contribution is 2.41. The van der Waals surface area contributed by atoms with Crippen LogP contribution in [0, 0.1) is 13.8 Å². The summed E-state index contributed by atoms with van der Waals surface area (Å²) in [5.74, 6) is -0.106. The Labute approximate surface area is 177 Å². The molecular weight excluding hydrogens is 398 g/mol. The number of aryl methyl sites for hydroxylation is 2. The van der Waals surface area contributed by atoms with Gasteiger partial charge in [-0.1, -0.05) is 72.3 Å². The molecule has 0 unspecified atom stereocenters. The van der Waals surface area contributed by atoms with E-state index in [1.807, 2.05) is 80.8 Å². The Morgan fingerprint density at radius 1 is 0.966 bits per heavy atom. The Balaban J connectivity index is 2.08. The number of rotatable bonds is 5. The van der Waals surface area contributed by atoms with E-state index in [1.54, 1.807) is 6.07 Å². The average Bonchev–Trinajstić information content (AvgIpc) is 3.04. The minimum Gasteiger partial charge on any atom is -0.236 e. The average molecular weight is 423 g/mol. The summed E-state index contributed by atoms with van der Waals surface area (Å²) in [6, 6.07) is 21.1. The minimum atomic E-state index is -3.73. The van der Waals surface area contributed by atoms with E-state index >= 15 is 0 Å². The standard InChI is InChI=1S/C24H23NO2S2/c1-17-9-12-20(13-10-17)23-24(28-3)21-14-11-18(2)15-22(21)25(23)29(26,27)16-19-7-5-4-6-8-19/h4-15H,16H2,1-3H3/i14D. The van der Waals surface area contributed by atoms with E-state index in [-0.39, 0.29) is 5.75 Å². The van der Waals surface area contributed by atoms with E-state index in [0.29, 0.717) is 22.6 Å². The van der Waals surface area contributed by atoms with Gasteiger partial charge in [0.25, 0.3) is 0 Å². The first kappa shape index (κ1) is 18.5. The Morgan fingerprint density at radius 2 is 1.66 bits per heavy atom. The molecule has 4 rings (SSSR count). The second-order valence-electron chi connectivity index (χ2n) is 7.19. The van der Waals surface area contributed by atoms with Gasteiger partial charge in [0, 0.05) is 15.8 Å². The summed E-state index contributed by atoms with van der Waals surface area (Å²) >= 11 is 1.48. The molecular formula is C24H23NO2S2. The van der Waals surface area contributed by atoms with E-state index in [1.165, 1.54) is 15.7 Å². The van der Waals surface area contributed by atoms with Crippen LogP contribution in [-0.2, 0) is 15.8 Å². The van der Waals surface area contributed by atoms with E-state index in [0.717, 1.165) is 27.1 Å². The first-order valence-corrected chi connectivity index (χ1v) is 12.2. The first-order valence-electron chi connectivity index (χ1n) is 9.85. The number of nitrogens with zero attached hydrogens (tertiary/aromatic N) is 1. The van der Waals surface area contributed by atoms with Crippen molar-refractivity contribution in [1.29, 1.82) is 0 Å². The van der Waals surface area contributed by atoms with Crippen LogP contribution in [0.3, 0.4) is 0 Å². The van der Waals surface area contributed by atoms with Crippen molar-refractivity contribution in [3.63, 3.8) is 0 Å². The molecule has 0 N–H and O–H groups in total. The van der Waals surface area contributed by atoms with Gasteiger partial charge in [0.2, 0.25) is 10.0 Å². The fourth-order valence-electron chi connectivity index (χ4n) is 3.56. The fourth-order valence-corrected chi connectivity index (χ4v) is 6.05. The predicted molar refractivity (Wildman–Crippen MR) is 123 cm³/mol. The molecule has 0 aliphatic carbocycles. The maximum Gasteiger partial charge on any atom is 0.243 e. The molecule has 3 aromatic carbocycles. The molecule has 0 aliphatic rings. The van der Waals surface area contributed by atoms with Crippen LogP contribution in [0.15, 0.2) is 77.7 Å². The molecule has 0 atom stereocenters. The SMILES string of the molecule is [2H]c1cc(C)cc2c1c(SC)c(-c1ccc(C)cc1)n2S(=O)(=O)Cc1ccccc1. The van der Waals surface area contributed by atoms with Gasteiger partial charge in [-0.15, -0.1) is 11.8 Å². The van der Waals surface area contributed by atoms with Crippen LogP contribution in [-0.4, -0.2) is 18.6 Å².